The number of thiazole rings is 1. The number of hydrogen-bond donors (Lipinski definition) is 0. The van der Waals surface area contributed by atoms with E-state index in [-0.39, 0.29) is 30.4 Å². The number of rotatable bonds is 3. The van der Waals surface area contributed by atoms with Gasteiger partial charge in [-0.1, -0.05) is 0 Å². The van der Waals surface area contributed by atoms with E-state index in [1.54, 1.807) is 4.90 Å². The van der Waals surface area contributed by atoms with Gasteiger partial charge in [0.05, 0.1) is 30.9 Å². The van der Waals surface area contributed by atoms with E-state index < -0.39 is 0 Å². The molecule has 1 aromatic rings. The van der Waals surface area contributed by atoms with Crippen LogP contribution in [0.4, 0.5) is 5.13 Å². The summed E-state index contributed by atoms with van der Waals surface area (Å²) in [5.74, 6) is 0.204. The van der Waals surface area contributed by atoms with E-state index in [1.807, 2.05) is 24.1 Å². The van der Waals surface area contributed by atoms with Crippen LogP contribution < -0.4 is 4.90 Å². The van der Waals surface area contributed by atoms with Gasteiger partial charge in [-0.05, 0) is 20.3 Å². The molecule has 0 saturated carbocycles. The minimum absolute atomic E-state index is 0.0762. The Morgan fingerprint density at radius 2 is 2.32 bits per heavy atom. The molecule has 3 heterocycles. The Morgan fingerprint density at radius 3 is 3.05 bits per heavy atom. The summed E-state index contributed by atoms with van der Waals surface area (Å²) in [6.45, 7) is 5.92. The lowest BCUT2D eigenvalue weighted by Crippen LogP contribution is -2.50. The molecule has 0 aliphatic carbocycles. The molecule has 120 valence electrons. The molecule has 2 atom stereocenters. The molecule has 0 aromatic carbocycles. The van der Waals surface area contributed by atoms with Gasteiger partial charge in [-0.2, -0.15) is 0 Å². The molecule has 0 bridgehead atoms. The Hall–Kier alpha value is -1.47. The smallest absolute Gasteiger partial charge is 0.229 e. The second-order valence-electron chi connectivity index (χ2n) is 5.99. The maximum Gasteiger partial charge on any atom is 0.229 e. The lowest BCUT2D eigenvalue weighted by molar-refractivity contribution is -0.142. The van der Waals surface area contributed by atoms with Crippen LogP contribution >= 0.6 is 11.3 Å². The fourth-order valence-corrected chi connectivity index (χ4v) is 3.73. The van der Waals surface area contributed by atoms with Gasteiger partial charge < -0.3 is 9.64 Å². The van der Waals surface area contributed by atoms with Gasteiger partial charge >= 0.3 is 0 Å². The third-order valence-electron chi connectivity index (χ3n) is 4.10. The van der Waals surface area contributed by atoms with Crippen molar-refractivity contribution < 1.29 is 14.3 Å². The SMILES string of the molecule is C[C@H]1CN(C(=O)Cc2csc(N3CCCC3=O)n2)[C@@H](C)CO1. The first-order valence-electron chi connectivity index (χ1n) is 7.70. The summed E-state index contributed by atoms with van der Waals surface area (Å²) >= 11 is 1.44. The number of amides is 2. The fraction of sp³-hybridized carbons (Fsp3) is 0.667. The molecule has 0 unspecified atom stereocenters. The lowest BCUT2D eigenvalue weighted by atomic mass is 10.2. The second-order valence-corrected chi connectivity index (χ2v) is 6.82. The highest BCUT2D eigenvalue weighted by atomic mass is 32.1. The monoisotopic (exact) mass is 323 g/mol. The number of ether oxygens (including phenoxy) is 1. The Bertz CT molecular complexity index is 574. The average Bonchev–Trinajstić information content (AvgIpc) is 3.10. The number of carbonyl (C=O) groups excluding carboxylic acids is 2. The Kier molecular flexibility index (Phi) is 4.44. The van der Waals surface area contributed by atoms with Crippen molar-refractivity contribution >= 4 is 28.3 Å². The number of nitrogens with zero attached hydrogens (tertiary/aromatic N) is 3. The van der Waals surface area contributed by atoms with Gasteiger partial charge in [0.1, 0.15) is 0 Å². The minimum Gasteiger partial charge on any atom is -0.375 e. The summed E-state index contributed by atoms with van der Waals surface area (Å²) in [6, 6.07) is 0.0990. The molecule has 7 heteroatoms. The number of anilines is 1. The van der Waals surface area contributed by atoms with Gasteiger partial charge in [-0.25, -0.2) is 4.98 Å². The quantitative estimate of drug-likeness (QED) is 0.844. The zero-order valence-corrected chi connectivity index (χ0v) is 13.8. The van der Waals surface area contributed by atoms with Crippen LogP contribution in [-0.2, 0) is 20.7 Å². The van der Waals surface area contributed by atoms with E-state index >= 15 is 0 Å². The first kappa shape index (κ1) is 15.4. The molecule has 2 fully saturated rings. The predicted octanol–water partition coefficient (Wildman–Crippen LogP) is 1.45. The minimum atomic E-state index is 0.0762. The summed E-state index contributed by atoms with van der Waals surface area (Å²) in [4.78, 5) is 32.3. The molecule has 2 aliphatic rings. The lowest BCUT2D eigenvalue weighted by Gasteiger charge is -2.36. The van der Waals surface area contributed by atoms with Crippen molar-refractivity contribution in [3.05, 3.63) is 11.1 Å². The second kappa shape index (κ2) is 6.34. The number of hydrogen-bond acceptors (Lipinski definition) is 5. The maximum atomic E-state index is 12.5. The van der Waals surface area contributed by atoms with Crippen molar-refractivity contribution in [3.63, 3.8) is 0 Å². The van der Waals surface area contributed by atoms with Crippen LogP contribution in [0.1, 0.15) is 32.4 Å². The first-order valence-corrected chi connectivity index (χ1v) is 8.58. The molecule has 0 N–H and O–H groups in total. The molecule has 2 amide bonds. The maximum absolute atomic E-state index is 12.5. The van der Waals surface area contributed by atoms with Gasteiger partial charge in [0.15, 0.2) is 5.13 Å². The van der Waals surface area contributed by atoms with Crippen molar-refractivity contribution in [2.75, 3.05) is 24.6 Å². The largest absolute Gasteiger partial charge is 0.375 e. The molecule has 6 nitrogen and oxygen atoms in total. The molecule has 1 aromatic heterocycles. The highest BCUT2D eigenvalue weighted by molar-refractivity contribution is 7.14. The predicted molar refractivity (Wildman–Crippen MR) is 84.0 cm³/mol. The zero-order chi connectivity index (χ0) is 15.7. The Labute approximate surface area is 134 Å². The fourth-order valence-electron chi connectivity index (χ4n) is 2.86. The van der Waals surface area contributed by atoms with Gasteiger partial charge in [0.2, 0.25) is 11.8 Å². The Balaban J connectivity index is 1.64. The summed E-state index contributed by atoms with van der Waals surface area (Å²) in [5.41, 5.74) is 0.746. The molecular formula is C15H21N3O3S. The summed E-state index contributed by atoms with van der Waals surface area (Å²) in [5, 5.41) is 2.60. The zero-order valence-electron chi connectivity index (χ0n) is 12.9. The van der Waals surface area contributed by atoms with Crippen molar-refractivity contribution in [2.45, 2.75) is 45.3 Å². The van der Waals surface area contributed by atoms with Gasteiger partial charge in [0.25, 0.3) is 0 Å². The van der Waals surface area contributed by atoms with Gasteiger partial charge in [0, 0.05) is 24.9 Å². The van der Waals surface area contributed by atoms with Crippen molar-refractivity contribution in [2.24, 2.45) is 0 Å². The van der Waals surface area contributed by atoms with Crippen molar-refractivity contribution in [1.82, 2.24) is 9.88 Å². The van der Waals surface area contributed by atoms with Crippen LogP contribution in [0.5, 0.6) is 0 Å². The van der Waals surface area contributed by atoms with Crippen LogP contribution in [0.15, 0.2) is 5.38 Å². The highest BCUT2D eigenvalue weighted by Crippen LogP contribution is 2.25. The average molecular weight is 323 g/mol. The summed E-state index contributed by atoms with van der Waals surface area (Å²) in [6.07, 6.45) is 1.84. The van der Waals surface area contributed by atoms with Crippen LogP contribution in [0.2, 0.25) is 0 Å². The van der Waals surface area contributed by atoms with E-state index in [4.69, 9.17) is 4.74 Å². The third-order valence-corrected chi connectivity index (χ3v) is 5.02. The van der Waals surface area contributed by atoms with Crippen LogP contribution in [-0.4, -0.2) is 53.5 Å². The molecule has 0 radical (unpaired) electrons. The van der Waals surface area contributed by atoms with Crippen molar-refractivity contribution in [1.29, 1.82) is 0 Å². The normalized spacial score (nSPS) is 25.8. The van der Waals surface area contributed by atoms with Crippen LogP contribution in [0.3, 0.4) is 0 Å². The van der Waals surface area contributed by atoms with E-state index in [1.165, 1.54) is 11.3 Å². The molecule has 2 saturated heterocycles. The third kappa shape index (κ3) is 3.15. The highest BCUT2D eigenvalue weighted by Gasteiger charge is 2.29. The summed E-state index contributed by atoms with van der Waals surface area (Å²) < 4.78 is 5.55. The molecule has 22 heavy (non-hydrogen) atoms. The first-order chi connectivity index (χ1) is 10.5. The molecule has 0 spiro atoms. The van der Waals surface area contributed by atoms with Gasteiger partial charge in [-0.15, -0.1) is 11.3 Å². The summed E-state index contributed by atoms with van der Waals surface area (Å²) in [7, 11) is 0. The van der Waals surface area contributed by atoms with Gasteiger partial charge in [-0.3, -0.25) is 14.5 Å². The van der Waals surface area contributed by atoms with Crippen LogP contribution in [0.25, 0.3) is 0 Å². The van der Waals surface area contributed by atoms with E-state index in [0.29, 0.717) is 24.7 Å². The van der Waals surface area contributed by atoms with E-state index in [2.05, 4.69) is 4.98 Å². The van der Waals surface area contributed by atoms with Crippen molar-refractivity contribution in [3.8, 4) is 0 Å². The number of aromatic nitrogens is 1. The molecule has 2 aliphatic heterocycles. The topological polar surface area (TPSA) is 62.7 Å². The molecule has 3 rings (SSSR count). The number of morpholine rings is 1. The Morgan fingerprint density at radius 1 is 1.50 bits per heavy atom. The standard InChI is InChI=1S/C15H21N3O3S/c1-10-8-21-11(2)7-18(10)14(20)6-12-9-22-15(16-12)17-5-3-4-13(17)19/h9-11H,3-8H2,1-2H3/t10-,11-/m0/s1. The molecular weight excluding hydrogens is 302 g/mol. The van der Waals surface area contributed by atoms with E-state index in [9.17, 15) is 9.59 Å². The van der Waals surface area contributed by atoms with E-state index in [0.717, 1.165) is 18.7 Å². The number of carbonyl (C=O) groups is 2. The van der Waals surface area contributed by atoms with Crippen LogP contribution in [0, 0.1) is 0 Å².